The SMILES string of the molecule is CCCCC(CS)CC(C)CC.Cc1cccc(-c2csc(NC(=O)CNC(=O)c3ccn(C)c3)n2)c1. The summed E-state index contributed by atoms with van der Waals surface area (Å²) in [6.07, 6.45) is 10.2. The van der Waals surface area contributed by atoms with Gasteiger partial charge in [0.25, 0.3) is 5.91 Å². The summed E-state index contributed by atoms with van der Waals surface area (Å²) in [6.45, 7) is 8.81. The first-order chi connectivity index (χ1) is 17.7. The number of anilines is 1. The highest BCUT2D eigenvalue weighted by atomic mass is 32.1. The van der Waals surface area contributed by atoms with Crippen LogP contribution in [0.3, 0.4) is 0 Å². The van der Waals surface area contributed by atoms with Crippen LogP contribution in [-0.2, 0) is 11.8 Å². The third kappa shape index (κ3) is 11.1. The van der Waals surface area contributed by atoms with Crippen molar-refractivity contribution in [2.75, 3.05) is 17.6 Å². The predicted molar refractivity (Wildman–Crippen MR) is 160 cm³/mol. The van der Waals surface area contributed by atoms with E-state index >= 15 is 0 Å². The summed E-state index contributed by atoms with van der Waals surface area (Å²) in [6, 6.07) is 9.71. The normalized spacial score (nSPS) is 12.3. The average molecular weight is 543 g/mol. The molecule has 6 nitrogen and oxygen atoms in total. The van der Waals surface area contributed by atoms with Gasteiger partial charge >= 0.3 is 0 Å². The molecule has 3 rings (SSSR count). The van der Waals surface area contributed by atoms with Gasteiger partial charge in [0, 0.05) is 30.4 Å². The maximum absolute atomic E-state index is 12.0. The summed E-state index contributed by atoms with van der Waals surface area (Å²) >= 11 is 5.76. The predicted octanol–water partition coefficient (Wildman–Crippen LogP) is 6.98. The molecule has 0 spiro atoms. The third-order valence-electron chi connectivity index (χ3n) is 6.22. The van der Waals surface area contributed by atoms with Crippen LogP contribution in [0.1, 0.15) is 68.8 Å². The molecular weight excluding hydrogens is 500 g/mol. The lowest BCUT2D eigenvalue weighted by Crippen LogP contribution is -2.32. The van der Waals surface area contributed by atoms with Crippen LogP contribution in [0.25, 0.3) is 11.3 Å². The molecule has 0 aliphatic heterocycles. The number of unbranched alkanes of at least 4 members (excludes halogenated alkanes) is 1. The molecule has 2 unspecified atom stereocenters. The second-order valence-electron chi connectivity index (χ2n) is 9.64. The van der Waals surface area contributed by atoms with Gasteiger partial charge in [-0.2, -0.15) is 12.6 Å². The Morgan fingerprint density at radius 2 is 2.00 bits per heavy atom. The number of nitrogens with one attached hydrogen (secondary N) is 2. The van der Waals surface area contributed by atoms with Crippen molar-refractivity contribution in [3.8, 4) is 11.3 Å². The number of aromatic nitrogens is 2. The van der Waals surface area contributed by atoms with E-state index in [-0.39, 0.29) is 18.4 Å². The smallest absolute Gasteiger partial charge is 0.253 e. The maximum Gasteiger partial charge on any atom is 0.253 e. The summed E-state index contributed by atoms with van der Waals surface area (Å²) in [7, 11) is 1.83. The van der Waals surface area contributed by atoms with E-state index in [4.69, 9.17) is 0 Å². The minimum absolute atomic E-state index is 0.104. The fourth-order valence-corrected chi connectivity index (χ4v) is 4.91. The van der Waals surface area contributed by atoms with Gasteiger partial charge < -0.3 is 15.2 Å². The molecule has 0 radical (unpaired) electrons. The second-order valence-corrected chi connectivity index (χ2v) is 10.9. The molecule has 2 atom stereocenters. The fraction of sp³-hybridized carbons (Fsp3) is 0.483. The van der Waals surface area contributed by atoms with Gasteiger partial charge in [0.1, 0.15) is 0 Å². The molecule has 1 aromatic carbocycles. The van der Waals surface area contributed by atoms with Gasteiger partial charge in [0.15, 0.2) is 5.13 Å². The molecule has 2 amide bonds. The number of thiol groups is 1. The Morgan fingerprint density at radius 3 is 2.62 bits per heavy atom. The van der Waals surface area contributed by atoms with E-state index in [1.807, 2.05) is 43.6 Å². The largest absolute Gasteiger partial charge is 0.356 e. The molecule has 2 aromatic heterocycles. The van der Waals surface area contributed by atoms with Crippen LogP contribution < -0.4 is 10.6 Å². The first kappa shape index (κ1) is 30.6. The zero-order valence-corrected chi connectivity index (χ0v) is 24.5. The van der Waals surface area contributed by atoms with Gasteiger partial charge in [-0.3, -0.25) is 9.59 Å². The van der Waals surface area contributed by atoms with Crippen molar-refractivity contribution in [1.29, 1.82) is 0 Å². The molecule has 2 N–H and O–H groups in total. The highest BCUT2D eigenvalue weighted by Crippen LogP contribution is 2.25. The number of hydrogen-bond acceptors (Lipinski definition) is 5. The Kier molecular flexibility index (Phi) is 13.5. The average Bonchev–Trinajstić information content (AvgIpc) is 3.54. The highest BCUT2D eigenvalue weighted by molar-refractivity contribution is 7.80. The van der Waals surface area contributed by atoms with Crippen molar-refractivity contribution in [1.82, 2.24) is 14.9 Å². The zero-order valence-electron chi connectivity index (χ0n) is 22.8. The Labute approximate surface area is 231 Å². The lowest BCUT2D eigenvalue weighted by atomic mass is 9.91. The summed E-state index contributed by atoms with van der Waals surface area (Å²) in [5.74, 6) is 2.23. The maximum atomic E-state index is 12.0. The van der Waals surface area contributed by atoms with Gasteiger partial charge in [-0.25, -0.2) is 4.98 Å². The minimum Gasteiger partial charge on any atom is -0.356 e. The Bertz CT molecular complexity index is 1110. The van der Waals surface area contributed by atoms with Crippen molar-refractivity contribution in [2.45, 2.75) is 59.8 Å². The summed E-state index contributed by atoms with van der Waals surface area (Å²) in [4.78, 5) is 28.3. The highest BCUT2D eigenvalue weighted by Gasteiger charge is 2.12. The summed E-state index contributed by atoms with van der Waals surface area (Å²) in [5, 5.41) is 7.70. The van der Waals surface area contributed by atoms with Gasteiger partial charge in [-0.05, 0) is 49.5 Å². The van der Waals surface area contributed by atoms with Crippen molar-refractivity contribution in [2.24, 2.45) is 18.9 Å². The van der Waals surface area contributed by atoms with Crippen LogP contribution >= 0.6 is 24.0 Å². The van der Waals surface area contributed by atoms with Gasteiger partial charge in [0.05, 0.1) is 17.8 Å². The van der Waals surface area contributed by atoms with Crippen LogP contribution in [0, 0.1) is 18.8 Å². The van der Waals surface area contributed by atoms with E-state index < -0.39 is 0 Å². The lowest BCUT2D eigenvalue weighted by molar-refractivity contribution is -0.115. The van der Waals surface area contributed by atoms with E-state index in [9.17, 15) is 9.59 Å². The van der Waals surface area contributed by atoms with Crippen LogP contribution in [-0.4, -0.2) is 33.7 Å². The van der Waals surface area contributed by atoms with E-state index in [1.54, 1.807) is 23.0 Å². The van der Waals surface area contributed by atoms with Crippen LogP contribution in [0.5, 0.6) is 0 Å². The topological polar surface area (TPSA) is 76.0 Å². The Hall–Kier alpha value is -2.58. The van der Waals surface area contributed by atoms with E-state index in [2.05, 4.69) is 49.0 Å². The van der Waals surface area contributed by atoms with Gasteiger partial charge in [-0.1, -0.05) is 63.8 Å². The standard InChI is InChI=1S/C18H18N4O2S.C11H24S/c1-12-4-3-5-13(8-12)15-11-25-18(20-15)21-16(23)9-19-17(24)14-6-7-22(2)10-14;1-4-6-7-11(9-12)8-10(3)5-2/h3-8,10-11H,9H2,1-2H3,(H,19,24)(H,20,21,23);10-12H,4-9H2,1-3H3. The number of benzene rings is 1. The lowest BCUT2D eigenvalue weighted by Gasteiger charge is -2.17. The molecule has 0 fully saturated rings. The van der Waals surface area contributed by atoms with Crippen LogP contribution in [0.2, 0.25) is 0 Å². The number of aryl methyl sites for hydroxylation is 2. The summed E-state index contributed by atoms with van der Waals surface area (Å²) < 4.78 is 1.78. The first-order valence-corrected chi connectivity index (χ1v) is 14.6. The summed E-state index contributed by atoms with van der Waals surface area (Å²) in [5.41, 5.74) is 3.50. The minimum atomic E-state index is -0.311. The van der Waals surface area contributed by atoms with Crippen LogP contribution in [0.4, 0.5) is 5.13 Å². The molecule has 2 heterocycles. The number of carbonyl (C=O) groups is 2. The molecule has 0 saturated heterocycles. The van der Waals surface area contributed by atoms with Gasteiger partial charge in [0.2, 0.25) is 5.91 Å². The van der Waals surface area contributed by atoms with E-state index in [1.165, 1.54) is 43.4 Å². The molecule has 0 bridgehead atoms. The number of hydrogen-bond donors (Lipinski definition) is 3. The number of amides is 2. The molecule has 0 aliphatic carbocycles. The Balaban J connectivity index is 0.000000341. The number of rotatable bonds is 12. The molecule has 0 saturated carbocycles. The fourth-order valence-electron chi connectivity index (χ4n) is 3.84. The molecule has 0 aliphatic rings. The second kappa shape index (κ2) is 16.3. The number of thiazole rings is 1. The molecular formula is C29H42N4O2S2. The molecule has 3 aromatic rings. The zero-order chi connectivity index (χ0) is 27.2. The molecule has 8 heteroatoms. The molecule has 202 valence electrons. The van der Waals surface area contributed by atoms with Crippen LogP contribution in [0.15, 0.2) is 48.1 Å². The number of nitrogens with zero attached hydrogens (tertiary/aromatic N) is 2. The Morgan fingerprint density at radius 1 is 1.22 bits per heavy atom. The van der Waals surface area contributed by atoms with Crippen molar-refractivity contribution < 1.29 is 9.59 Å². The monoisotopic (exact) mass is 542 g/mol. The van der Waals surface area contributed by atoms with Gasteiger partial charge in [-0.15, -0.1) is 11.3 Å². The van der Waals surface area contributed by atoms with Crippen molar-refractivity contribution in [3.63, 3.8) is 0 Å². The molecule has 37 heavy (non-hydrogen) atoms. The third-order valence-corrected chi connectivity index (χ3v) is 7.50. The van der Waals surface area contributed by atoms with Crippen molar-refractivity contribution >= 4 is 40.9 Å². The number of carbonyl (C=O) groups excluding carboxylic acids is 2. The van der Waals surface area contributed by atoms with E-state index in [0.717, 1.165) is 34.4 Å². The quantitative estimate of drug-likeness (QED) is 0.216. The van der Waals surface area contributed by atoms with Crippen molar-refractivity contribution in [3.05, 3.63) is 59.2 Å². The van der Waals surface area contributed by atoms with E-state index in [0.29, 0.717) is 10.7 Å². The first-order valence-electron chi connectivity index (χ1n) is 13.1.